The third kappa shape index (κ3) is 3.04. The Morgan fingerprint density at radius 1 is 1.55 bits per heavy atom. The normalized spacial score (nSPS) is 31.6. The molecule has 0 aromatic heterocycles. The summed E-state index contributed by atoms with van der Waals surface area (Å²) < 4.78 is 0. The van der Waals surface area contributed by atoms with Gasteiger partial charge >= 0.3 is 0 Å². The van der Waals surface area contributed by atoms with Crippen LogP contribution in [0.2, 0.25) is 0 Å². The first kappa shape index (κ1) is 9.40. The summed E-state index contributed by atoms with van der Waals surface area (Å²) in [5, 5.41) is 9.92. The lowest BCUT2D eigenvalue weighted by Crippen LogP contribution is -2.28. The third-order valence-electron chi connectivity index (χ3n) is 2.27. The molecule has 0 saturated carbocycles. The molecule has 11 heavy (non-hydrogen) atoms. The van der Waals surface area contributed by atoms with Gasteiger partial charge in [-0.05, 0) is 30.9 Å². The van der Waals surface area contributed by atoms with E-state index < -0.39 is 0 Å². The maximum absolute atomic E-state index is 9.92. The van der Waals surface area contributed by atoms with Gasteiger partial charge in [-0.3, -0.25) is 0 Å². The van der Waals surface area contributed by atoms with E-state index >= 15 is 0 Å². The highest BCUT2D eigenvalue weighted by atomic mass is 32.2. The molecule has 1 aliphatic rings. The van der Waals surface area contributed by atoms with Gasteiger partial charge in [-0.15, -0.1) is 0 Å². The van der Waals surface area contributed by atoms with Gasteiger partial charge in [0.15, 0.2) is 0 Å². The molecule has 1 fully saturated rings. The van der Waals surface area contributed by atoms with E-state index in [9.17, 15) is 5.11 Å². The Morgan fingerprint density at radius 2 is 2.27 bits per heavy atom. The maximum Gasteiger partial charge on any atom is 0.0745 e. The summed E-state index contributed by atoms with van der Waals surface area (Å²) in [7, 11) is 0. The van der Waals surface area contributed by atoms with Crippen LogP contribution in [-0.4, -0.2) is 22.2 Å². The van der Waals surface area contributed by atoms with Gasteiger partial charge in [-0.1, -0.05) is 13.8 Å². The standard InChI is InChI=1S/C9H18OS/c1-8(2)3-4-9(10)5-6-11-7-9/h8,10H,3-7H2,1-2H3. The van der Waals surface area contributed by atoms with Crippen LogP contribution >= 0.6 is 11.8 Å². The van der Waals surface area contributed by atoms with Gasteiger partial charge in [-0.25, -0.2) is 0 Å². The van der Waals surface area contributed by atoms with E-state index in [1.54, 1.807) is 0 Å². The number of hydrogen-bond donors (Lipinski definition) is 1. The van der Waals surface area contributed by atoms with Crippen molar-refractivity contribution in [2.75, 3.05) is 11.5 Å². The second kappa shape index (κ2) is 3.81. The highest BCUT2D eigenvalue weighted by Gasteiger charge is 2.30. The van der Waals surface area contributed by atoms with Crippen molar-refractivity contribution >= 4 is 11.8 Å². The van der Waals surface area contributed by atoms with Gasteiger partial charge in [0.1, 0.15) is 0 Å². The predicted molar refractivity (Wildman–Crippen MR) is 51.0 cm³/mol. The van der Waals surface area contributed by atoms with Crippen LogP contribution in [0, 0.1) is 5.92 Å². The molecule has 1 heterocycles. The van der Waals surface area contributed by atoms with E-state index in [1.807, 2.05) is 11.8 Å². The van der Waals surface area contributed by atoms with E-state index in [0.29, 0.717) is 0 Å². The van der Waals surface area contributed by atoms with Crippen molar-refractivity contribution in [2.24, 2.45) is 5.92 Å². The molecule has 0 aromatic rings. The van der Waals surface area contributed by atoms with Crippen molar-refractivity contribution in [3.8, 4) is 0 Å². The summed E-state index contributed by atoms with van der Waals surface area (Å²) in [6.45, 7) is 4.43. The van der Waals surface area contributed by atoms with Crippen molar-refractivity contribution < 1.29 is 5.11 Å². The Hall–Kier alpha value is 0.310. The summed E-state index contributed by atoms with van der Waals surface area (Å²) in [6, 6.07) is 0. The lowest BCUT2D eigenvalue weighted by Gasteiger charge is -2.21. The van der Waals surface area contributed by atoms with Crippen LogP contribution in [0.4, 0.5) is 0 Å². The minimum atomic E-state index is -0.311. The van der Waals surface area contributed by atoms with Gasteiger partial charge in [-0.2, -0.15) is 11.8 Å². The zero-order valence-electron chi connectivity index (χ0n) is 7.47. The summed E-state index contributed by atoms with van der Waals surface area (Å²) in [6.07, 6.45) is 3.17. The van der Waals surface area contributed by atoms with Gasteiger partial charge < -0.3 is 5.11 Å². The van der Waals surface area contributed by atoms with Crippen LogP contribution in [0.15, 0.2) is 0 Å². The lowest BCUT2D eigenvalue weighted by atomic mass is 9.93. The molecule has 2 heteroatoms. The van der Waals surface area contributed by atoms with E-state index in [2.05, 4.69) is 13.8 Å². The van der Waals surface area contributed by atoms with E-state index in [4.69, 9.17) is 0 Å². The monoisotopic (exact) mass is 174 g/mol. The molecule has 1 aliphatic heterocycles. The number of hydrogen-bond acceptors (Lipinski definition) is 2. The smallest absolute Gasteiger partial charge is 0.0745 e. The second-order valence-corrected chi connectivity index (χ2v) is 5.06. The van der Waals surface area contributed by atoms with Crippen LogP contribution in [0.3, 0.4) is 0 Å². The van der Waals surface area contributed by atoms with Crippen molar-refractivity contribution in [1.82, 2.24) is 0 Å². The fourth-order valence-corrected chi connectivity index (χ4v) is 2.69. The summed E-state index contributed by atoms with van der Waals surface area (Å²) >= 11 is 1.88. The SMILES string of the molecule is CC(C)CCC1(O)CCSC1. The second-order valence-electron chi connectivity index (χ2n) is 3.96. The average molecular weight is 174 g/mol. The Bertz CT molecular complexity index is 117. The molecule has 1 unspecified atom stereocenters. The zero-order valence-corrected chi connectivity index (χ0v) is 8.28. The number of aliphatic hydroxyl groups is 1. The zero-order chi connectivity index (χ0) is 8.32. The molecule has 0 bridgehead atoms. The molecular weight excluding hydrogens is 156 g/mol. The van der Waals surface area contributed by atoms with Crippen molar-refractivity contribution in [3.63, 3.8) is 0 Å². The highest BCUT2D eigenvalue weighted by molar-refractivity contribution is 7.99. The molecule has 0 radical (unpaired) electrons. The van der Waals surface area contributed by atoms with Crippen LogP contribution in [-0.2, 0) is 0 Å². The summed E-state index contributed by atoms with van der Waals surface area (Å²) in [5.74, 6) is 2.83. The molecule has 0 amide bonds. The van der Waals surface area contributed by atoms with Gasteiger partial charge in [0, 0.05) is 5.75 Å². The molecule has 1 nitrogen and oxygen atoms in total. The minimum Gasteiger partial charge on any atom is -0.389 e. The van der Waals surface area contributed by atoms with Gasteiger partial charge in [0.25, 0.3) is 0 Å². The highest BCUT2D eigenvalue weighted by Crippen LogP contribution is 2.32. The number of thioether (sulfide) groups is 1. The summed E-state index contributed by atoms with van der Waals surface area (Å²) in [5.41, 5.74) is -0.311. The Balaban J connectivity index is 2.23. The largest absolute Gasteiger partial charge is 0.389 e. The molecule has 0 spiro atoms. The Labute approximate surface area is 73.6 Å². The molecule has 1 atom stereocenters. The van der Waals surface area contributed by atoms with Crippen molar-refractivity contribution in [2.45, 2.75) is 38.7 Å². The predicted octanol–water partition coefficient (Wildman–Crippen LogP) is 2.29. The molecule has 1 saturated heterocycles. The van der Waals surface area contributed by atoms with Gasteiger partial charge in [0.05, 0.1) is 5.60 Å². The third-order valence-corrected chi connectivity index (χ3v) is 3.50. The molecule has 1 N–H and O–H groups in total. The van der Waals surface area contributed by atoms with E-state index in [-0.39, 0.29) is 5.60 Å². The van der Waals surface area contributed by atoms with Crippen molar-refractivity contribution in [1.29, 1.82) is 0 Å². The minimum absolute atomic E-state index is 0.311. The van der Waals surface area contributed by atoms with E-state index in [1.165, 1.54) is 0 Å². The van der Waals surface area contributed by atoms with Gasteiger partial charge in [0.2, 0.25) is 0 Å². The Kier molecular flexibility index (Phi) is 3.26. The first-order chi connectivity index (χ1) is 5.12. The first-order valence-electron chi connectivity index (χ1n) is 4.42. The molecule has 66 valence electrons. The number of rotatable bonds is 3. The van der Waals surface area contributed by atoms with Crippen LogP contribution in [0.25, 0.3) is 0 Å². The molecule has 0 aliphatic carbocycles. The Morgan fingerprint density at radius 3 is 2.73 bits per heavy atom. The summed E-state index contributed by atoms with van der Waals surface area (Å²) in [4.78, 5) is 0. The van der Waals surface area contributed by atoms with Crippen molar-refractivity contribution in [3.05, 3.63) is 0 Å². The van der Waals surface area contributed by atoms with E-state index in [0.717, 1.165) is 36.7 Å². The molecule has 1 rings (SSSR count). The average Bonchev–Trinajstić information content (AvgIpc) is 2.33. The lowest BCUT2D eigenvalue weighted by molar-refractivity contribution is 0.0533. The molecular formula is C9H18OS. The van der Waals surface area contributed by atoms with Crippen LogP contribution < -0.4 is 0 Å². The van der Waals surface area contributed by atoms with Crippen LogP contribution in [0.1, 0.15) is 33.1 Å². The maximum atomic E-state index is 9.92. The van der Waals surface area contributed by atoms with Crippen LogP contribution in [0.5, 0.6) is 0 Å². The topological polar surface area (TPSA) is 20.2 Å². The fraction of sp³-hybridized carbons (Fsp3) is 1.00. The quantitative estimate of drug-likeness (QED) is 0.708. The first-order valence-corrected chi connectivity index (χ1v) is 5.58. The fourth-order valence-electron chi connectivity index (χ4n) is 1.35. The molecule has 0 aromatic carbocycles.